The van der Waals surface area contributed by atoms with Gasteiger partial charge in [-0.15, -0.1) is 0 Å². The first-order valence-electron chi connectivity index (χ1n) is 6.79. The van der Waals surface area contributed by atoms with Crippen molar-refractivity contribution in [2.75, 3.05) is 39.9 Å². The van der Waals surface area contributed by atoms with Gasteiger partial charge in [0.05, 0.1) is 12.2 Å². The molecule has 1 fully saturated rings. The van der Waals surface area contributed by atoms with Crippen LogP contribution in [0.4, 0.5) is 0 Å². The Morgan fingerprint density at radius 1 is 1.48 bits per heavy atom. The molecule has 0 radical (unpaired) electrons. The second-order valence-corrected chi connectivity index (χ2v) is 5.12. The van der Waals surface area contributed by atoms with Crippen molar-refractivity contribution in [2.45, 2.75) is 6.54 Å². The number of imidazole rings is 1. The molecular weight excluding hydrogens is 276 g/mol. The van der Waals surface area contributed by atoms with Crippen LogP contribution in [0, 0.1) is 5.92 Å². The van der Waals surface area contributed by atoms with Crippen LogP contribution >= 0.6 is 0 Å². The van der Waals surface area contributed by atoms with Crippen LogP contribution in [-0.4, -0.2) is 76.6 Å². The minimum atomic E-state index is -0.887. The maximum Gasteiger partial charge on any atom is 0.309 e. The van der Waals surface area contributed by atoms with Crippen LogP contribution in [-0.2, 0) is 20.9 Å². The van der Waals surface area contributed by atoms with Gasteiger partial charge >= 0.3 is 5.97 Å². The van der Waals surface area contributed by atoms with Crippen molar-refractivity contribution in [3.05, 3.63) is 18.2 Å². The number of aliphatic carboxylic acids is 1. The van der Waals surface area contributed by atoms with Gasteiger partial charge in [0.25, 0.3) is 0 Å². The molecule has 1 unspecified atom stereocenters. The Bertz CT molecular complexity index is 477. The van der Waals surface area contributed by atoms with E-state index in [0.717, 1.165) is 5.69 Å². The summed E-state index contributed by atoms with van der Waals surface area (Å²) < 4.78 is 4.84. The Morgan fingerprint density at radius 2 is 2.29 bits per heavy atom. The molecule has 0 aromatic carbocycles. The highest BCUT2D eigenvalue weighted by molar-refractivity contribution is 5.78. The van der Waals surface area contributed by atoms with Crippen LogP contribution in [0.15, 0.2) is 12.5 Å². The first-order valence-corrected chi connectivity index (χ1v) is 6.79. The van der Waals surface area contributed by atoms with Crippen LogP contribution in [0.1, 0.15) is 5.69 Å². The second-order valence-electron chi connectivity index (χ2n) is 5.12. The van der Waals surface area contributed by atoms with E-state index in [1.807, 2.05) is 4.90 Å². The average Bonchev–Trinajstić information content (AvgIpc) is 2.84. The Morgan fingerprint density at radius 3 is 2.90 bits per heavy atom. The number of carboxylic acid groups (broad SMARTS) is 1. The molecule has 2 heterocycles. The molecule has 1 atom stereocenters. The molecule has 1 aromatic heterocycles. The summed E-state index contributed by atoms with van der Waals surface area (Å²) in [5.74, 6) is -1.66. The SMILES string of the molecule is COCC(=O)N1CCN(Cc2cnc[nH]2)CC(C(=O)O)C1. The topological polar surface area (TPSA) is 98.8 Å². The molecule has 116 valence electrons. The van der Waals surface area contributed by atoms with Gasteiger partial charge in [-0.3, -0.25) is 14.5 Å². The number of nitrogens with zero attached hydrogens (tertiary/aromatic N) is 3. The van der Waals surface area contributed by atoms with Crippen molar-refractivity contribution in [1.29, 1.82) is 0 Å². The summed E-state index contributed by atoms with van der Waals surface area (Å²) >= 11 is 0. The van der Waals surface area contributed by atoms with Crippen molar-refractivity contribution in [2.24, 2.45) is 5.92 Å². The quantitative estimate of drug-likeness (QED) is 0.753. The lowest BCUT2D eigenvalue weighted by atomic mass is 10.1. The largest absolute Gasteiger partial charge is 0.481 e. The normalized spacial score (nSPS) is 20.2. The van der Waals surface area contributed by atoms with Gasteiger partial charge in [0.2, 0.25) is 5.91 Å². The molecule has 1 saturated heterocycles. The van der Waals surface area contributed by atoms with E-state index in [1.165, 1.54) is 7.11 Å². The molecule has 1 aliphatic rings. The fraction of sp³-hybridized carbons (Fsp3) is 0.615. The van der Waals surface area contributed by atoms with Crippen LogP contribution < -0.4 is 0 Å². The fourth-order valence-corrected chi connectivity index (χ4v) is 2.43. The Hall–Kier alpha value is -1.93. The molecule has 0 spiro atoms. The smallest absolute Gasteiger partial charge is 0.309 e. The van der Waals surface area contributed by atoms with Crippen LogP contribution in [0.3, 0.4) is 0 Å². The molecular formula is C13H20N4O4. The number of hydrogen-bond acceptors (Lipinski definition) is 5. The molecule has 2 N–H and O–H groups in total. The number of nitrogens with one attached hydrogen (secondary N) is 1. The minimum Gasteiger partial charge on any atom is -0.481 e. The van der Waals surface area contributed by atoms with Crippen molar-refractivity contribution in [1.82, 2.24) is 19.8 Å². The summed E-state index contributed by atoms with van der Waals surface area (Å²) in [6.07, 6.45) is 3.31. The summed E-state index contributed by atoms with van der Waals surface area (Å²) in [6, 6.07) is 0. The number of amides is 1. The zero-order valence-corrected chi connectivity index (χ0v) is 12.0. The first kappa shape index (κ1) is 15.5. The third-order valence-electron chi connectivity index (χ3n) is 3.52. The zero-order chi connectivity index (χ0) is 15.2. The fourth-order valence-electron chi connectivity index (χ4n) is 2.43. The molecule has 0 saturated carbocycles. The van der Waals surface area contributed by atoms with Gasteiger partial charge in [-0.05, 0) is 0 Å². The molecule has 2 rings (SSSR count). The summed E-state index contributed by atoms with van der Waals surface area (Å²) in [7, 11) is 1.45. The Labute approximate surface area is 122 Å². The first-order chi connectivity index (χ1) is 10.1. The van der Waals surface area contributed by atoms with E-state index in [1.54, 1.807) is 17.4 Å². The average molecular weight is 296 g/mol. The molecule has 0 bridgehead atoms. The van der Waals surface area contributed by atoms with E-state index in [2.05, 4.69) is 9.97 Å². The summed E-state index contributed by atoms with van der Waals surface area (Å²) in [4.78, 5) is 33.8. The zero-order valence-electron chi connectivity index (χ0n) is 12.0. The van der Waals surface area contributed by atoms with Gasteiger partial charge in [0.15, 0.2) is 0 Å². The van der Waals surface area contributed by atoms with Crippen molar-refractivity contribution in [3.8, 4) is 0 Å². The number of rotatable bonds is 5. The lowest BCUT2D eigenvalue weighted by molar-refractivity contribution is -0.144. The van der Waals surface area contributed by atoms with Crippen LogP contribution in [0.5, 0.6) is 0 Å². The lowest BCUT2D eigenvalue weighted by Crippen LogP contribution is -2.39. The highest BCUT2D eigenvalue weighted by Crippen LogP contribution is 2.13. The third kappa shape index (κ3) is 4.27. The van der Waals surface area contributed by atoms with Gasteiger partial charge in [-0.25, -0.2) is 4.98 Å². The molecule has 21 heavy (non-hydrogen) atoms. The second kappa shape index (κ2) is 7.19. The number of hydrogen-bond donors (Lipinski definition) is 2. The molecule has 1 aromatic rings. The number of carbonyl (C=O) groups is 2. The number of carboxylic acids is 1. The maximum absolute atomic E-state index is 11.9. The predicted molar refractivity (Wildman–Crippen MR) is 73.4 cm³/mol. The van der Waals surface area contributed by atoms with E-state index in [-0.39, 0.29) is 19.1 Å². The van der Waals surface area contributed by atoms with Gasteiger partial charge in [0.1, 0.15) is 6.61 Å². The molecule has 8 heteroatoms. The monoisotopic (exact) mass is 296 g/mol. The molecule has 8 nitrogen and oxygen atoms in total. The lowest BCUT2D eigenvalue weighted by Gasteiger charge is -2.21. The maximum atomic E-state index is 11.9. The van der Waals surface area contributed by atoms with Gasteiger partial charge in [0, 0.05) is 51.7 Å². The van der Waals surface area contributed by atoms with E-state index < -0.39 is 11.9 Å². The number of methoxy groups -OCH3 is 1. The highest BCUT2D eigenvalue weighted by Gasteiger charge is 2.29. The van der Waals surface area contributed by atoms with Gasteiger partial charge in [-0.1, -0.05) is 0 Å². The predicted octanol–water partition coefficient (Wildman–Crippen LogP) is -0.599. The summed E-state index contributed by atoms with van der Waals surface area (Å²) in [5.41, 5.74) is 0.927. The number of H-pyrrole nitrogens is 1. The van der Waals surface area contributed by atoms with E-state index in [9.17, 15) is 14.7 Å². The summed E-state index contributed by atoms with van der Waals surface area (Å²) in [5, 5.41) is 9.32. The van der Waals surface area contributed by atoms with Crippen molar-refractivity contribution < 1.29 is 19.4 Å². The number of aromatic nitrogens is 2. The third-order valence-corrected chi connectivity index (χ3v) is 3.52. The van der Waals surface area contributed by atoms with E-state index >= 15 is 0 Å². The highest BCUT2D eigenvalue weighted by atomic mass is 16.5. The molecule has 1 aliphatic heterocycles. The van der Waals surface area contributed by atoms with Crippen molar-refractivity contribution >= 4 is 11.9 Å². The van der Waals surface area contributed by atoms with Crippen LogP contribution in [0.25, 0.3) is 0 Å². The standard InChI is InChI=1S/C13H20N4O4/c1-21-8-12(18)17-3-2-16(5-10(6-17)13(19)20)7-11-4-14-9-15-11/h4,9-10H,2-3,5-8H2,1H3,(H,14,15)(H,19,20). The minimum absolute atomic E-state index is 0.0209. The van der Waals surface area contributed by atoms with Gasteiger partial charge < -0.3 is 19.7 Å². The van der Waals surface area contributed by atoms with Gasteiger partial charge in [-0.2, -0.15) is 0 Å². The summed E-state index contributed by atoms with van der Waals surface area (Å²) in [6.45, 7) is 2.32. The van der Waals surface area contributed by atoms with E-state index in [4.69, 9.17) is 4.74 Å². The Kier molecular flexibility index (Phi) is 5.29. The van der Waals surface area contributed by atoms with E-state index in [0.29, 0.717) is 26.2 Å². The molecule has 0 aliphatic carbocycles. The number of ether oxygens (including phenoxy) is 1. The molecule has 1 amide bonds. The number of aromatic amines is 1. The van der Waals surface area contributed by atoms with Crippen molar-refractivity contribution in [3.63, 3.8) is 0 Å². The number of carbonyl (C=O) groups excluding carboxylic acids is 1. The Balaban J connectivity index is 2.03. The van der Waals surface area contributed by atoms with Crippen LogP contribution in [0.2, 0.25) is 0 Å².